The van der Waals surface area contributed by atoms with Crippen LogP contribution >= 0.6 is 11.3 Å². The molecule has 0 saturated heterocycles. The quantitative estimate of drug-likeness (QED) is 0.632. The van der Waals surface area contributed by atoms with Crippen LogP contribution in [-0.2, 0) is 27.8 Å². The van der Waals surface area contributed by atoms with Gasteiger partial charge in [0.25, 0.3) is 15.9 Å². The first-order chi connectivity index (χ1) is 13.3. The van der Waals surface area contributed by atoms with Gasteiger partial charge in [0.1, 0.15) is 5.00 Å². The summed E-state index contributed by atoms with van der Waals surface area (Å²) in [5.74, 6) is 0.528. The van der Waals surface area contributed by atoms with Crippen molar-refractivity contribution in [3.8, 4) is 11.5 Å². The van der Waals surface area contributed by atoms with Crippen LogP contribution in [0.5, 0.6) is 0 Å². The van der Waals surface area contributed by atoms with E-state index < -0.39 is 10.0 Å². The van der Waals surface area contributed by atoms with Crippen LogP contribution < -0.4 is 4.72 Å². The zero-order valence-electron chi connectivity index (χ0n) is 15.2. The van der Waals surface area contributed by atoms with Crippen molar-refractivity contribution >= 4 is 32.1 Å². The molecule has 28 heavy (non-hydrogen) atoms. The molecule has 2 aromatic heterocycles. The number of hydrogen-bond acceptors (Lipinski definition) is 8. The lowest BCUT2D eigenvalue weighted by Gasteiger charge is -2.12. The maximum absolute atomic E-state index is 13.0. The monoisotopic (exact) mass is 419 g/mol. The van der Waals surface area contributed by atoms with E-state index >= 15 is 0 Å². The average molecular weight is 419 g/mol. The summed E-state index contributed by atoms with van der Waals surface area (Å²) in [6, 6.07) is 5.93. The number of rotatable bonds is 5. The van der Waals surface area contributed by atoms with Crippen molar-refractivity contribution in [3.63, 3.8) is 0 Å². The van der Waals surface area contributed by atoms with Crippen LogP contribution in [0.4, 0.5) is 5.00 Å². The van der Waals surface area contributed by atoms with E-state index in [2.05, 4.69) is 14.9 Å². The number of sulfonamides is 1. The second-order valence-electron chi connectivity index (χ2n) is 6.35. The lowest BCUT2D eigenvalue weighted by Crippen LogP contribution is -2.13. The van der Waals surface area contributed by atoms with Crippen molar-refractivity contribution in [2.75, 3.05) is 11.3 Å². The van der Waals surface area contributed by atoms with Gasteiger partial charge in [-0.05, 0) is 38.0 Å². The average Bonchev–Trinajstić information content (AvgIpc) is 3.24. The molecule has 1 aromatic carbocycles. The summed E-state index contributed by atoms with van der Waals surface area (Å²) in [6.07, 6.45) is 0.629. The molecule has 4 rings (SSSR count). The molecule has 0 radical (unpaired) electrons. The summed E-state index contributed by atoms with van der Waals surface area (Å²) in [4.78, 5) is 16.8. The molecule has 0 atom stereocenters. The molecular weight excluding hydrogens is 402 g/mol. The highest BCUT2D eigenvalue weighted by Crippen LogP contribution is 2.43. The third-order valence-corrected chi connectivity index (χ3v) is 6.94. The van der Waals surface area contributed by atoms with E-state index in [1.807, 2.05) is 0 Å². The summed E-state index contributed by atoms with van der Waals surface area (Å²) < 4.78 is 39.4. The number of ether oxygens (including phenoxy) is 1. The number of hydrogen-bond donors (Lipinski definition) is 1. The summed E-state index contributed by atoms with van der Waals surface area (Å²) in [7, 11) is -3.91. The number of nitrogens with zero attached hydrogens (tertiary/aromatic N) is 2. The maximum Gasteiger partial charge on any atom is 0.262 e. The van der Waals surface area contributed by atoms with Crippen LogP contribution in [0.15, 0.2) is 33.7 Å². The van der Waals surface area contributed by atoms with Crippen molar-refractivity contribution in [2.24, 2.45) is 0 Å². The van der Waals surface area contributed by atoms with Gasteiger partial charge in [0, 0.05) is 10.4 Å². The molecular formula is C18H17N3O5S2. The lowest BCUT2D eigenvalue weighted by molar-refractivity contribution is 0.101. The smallest absolute Gasteiger partial charge is 0.262 e. The molecule has 3 aromatic rings. The Morgan fingerprint density at radius 3 is 2.86 bits per heavy atom. The Bertz CT molecular complexity index is 1160. The highest BCUT2D eigenvalue weighted by molar-refractivity contribution is 7.93. The lowest BCUT2D eigenvalue weighted by atomic mass is 10.1. The summed E-state index contributed by atoms with van der Waals surface area (Å²) >= 11 is 1.29. The number of benzene rings is 1. The van der Waals surface area contributed by atoms with Gasteiger partial charge in [-0.1, -0.05) is 17.3 Å². The van der Waals surface area contributed by atoms with E-state index in [-0.39, 0.29) is 16.6 Å². The fourth-order valence-electron chi connectivity index (χ4n) is 2.99. The summed E-state index contributed by atoms with van der Waals surface area (Å²) in [5.41, 5.74) is 1.87. The predicted octanol–water partition coefficient (Wildman–Crippen LogP) is 3.18. The largest absolute Gasteiger partial charge is 0.376 e. The minimum atomic E-state index is -3.91. The van der Waals surface area contributed by atoms with Crippen LogP contribution in [-0.4, -0.2) is 30.9 Å². The Labute approximate surface area is 165 Å². The second kappa shape index (κ2) is 7.12. The molecule has 8 nitrogen and oxygen atoms in total. The predicted molar refractivity (Wildman–Crippen MR) is 103 cm³/mol. The molecule has 1 aliphatic heterocycles. The summed E-state index contributed by atoms with van der Waals surface area (Å²) in [5, 5.41) is 4.22. The number of anilines is 1. The molecule has 0 spiro atoms. The Kier molecular flexibility index (Phi) is 4.77. The number of carbonyl (C=O) groups is 1. The molecule has 0 unspecified atom stereocenters. The van der Waals surface area contributed by atoms with Crippen molar-refractivity contribution in [1.29, 1.82) is 0 Å². The number of aromatic nitrogens is 2. The van der Waals surface area contributed by atoms with Gasteiger partial charge in [-0.3, -0.25) is 9.52 Å². The Morgan fingerprint density at radius 1 is 1.32 bits per heavy atom. The van der Waals surface area contributed by atoms with E-state index in [0.717, 1.165) is 10.4 Å². The first-order valence-corrected chi connectivity index (χ1v) is 10.8. The van der Waals surface area contributed by atoms with Crippen molar-refractivity contribution in [1.82, 2.24) is 10.1 Å². The van der Waals surface area contributed by atoms with Crippen molar-refractivity contribution < 1.29 is 22.5 Å². The van der Waals surface area contributed by atoms with Crippen LogP contribution in [0.2, 0.25) is 0 Å². The van der Waals surface area contributed by atoms with E-state index in [4.69, 9.17) is 9.26 Å². The molecule has 0 fully saturated rings. The Balaban J connectivity index is 1.78. The first-order valence-electron chi connectivity index (χ1n) is 8.52. The van der Waals surface area contributed by atoms with E-state index in [0.29, 0.717) is 41.6 Å². The fourth-order valence-corrected chi connectivity index (χ4v) is 5.52. The van der Waals surface area contributed by atoms with Gasteiger partial charge in [-0.15, -0.1) is 11.3 Å². The molecule has 10 heteroatoms. The zero-order valence-corrected chi connectivity index (χ0v) is 16.8. The van der Waals surface area contributed by atoms with E-state index in [1.54, 1.807) is 19.1 Å². The highest BCUT2D eigenvalue weighted by Gasteiger charge is 2.28. The fraction of sp³-hybridized carbons (Fsp3) is 0.278. The molecule has 0 amide bonds. The number of fused-ring (bicyclic) bond motifs is 1. The first kappa shape index (κ1) is 18.8. The molecule has 1 aliphatic rings. The second-order valence-corrected chi connectivity index (χ2v) is 9.13. The number of carbonyl (C=O) groups excluding carboxylic acids is 1. The Morgan fingerprint density at radius 2 is 2.14 bits per heavy atom. The number of Topliss-reactive ketones (excluding diaryl/α,β-unsaturated/α-hetero) is 1. The molecule has 0 bridgehead atoms. The standard InChI is InChI=1S/C18H17N3O5S2/c1-10(22)12-4-3-5-13(8-12)28(23,24)21-18-16(17-19-11(2)20-26-17)14-6-7-25-9-15(14)27-18/h3-5,8,21H,6-7,9H2,1-2H3. The number of aryl methyl sites for hydroxylation is 1. The van der Waals surface area contributed by atoms with Gasteiger partial charge in [0.15, 0.2) is 11.6 Å². The minimum absolute atomic E-state index is 0.00971. The van der Waals surface area contributed by atoms with Gasteiger partial charge in [0.05, 0.1) is 23.7 Å². The number of ketones is 1. The third-order valence-electron chi connectivity index (χ3n) is 4.34. The molecule has 1 N–H and O–H groups in total. The normalized spacial score (nSPS) is 13.9. The third kappa shape index (κ3) is 3.46. The van der Waals surface area contributed by atoms with Crippen LogP contribution in [0.25, 0.3) is 11.5 Å². The van der Waals surface area contributed by atoms with Gasteiger partial charge in [-0.2, -0.15) is 4.98 Å². The molecule has 146 valence electrons. The van der Waals surface area contributed by atoms with E-state index in [9.17, 15) is 13.2 Å². The number of thiophene rings is 1. The van der Waals surface area contributed by atoms with Gasteiger partial charge < -0.3 is 9.26 Å². The van der Waals surface area contributed by atoms with Crippen LogP contribution in [0.3, 0.4) is 0 Å². The maximum atomic E-state index is 13.0. The Hall–Kier alpha value is -2.56. The van der Waals surface area contributed by atoms with Crippen molar-refractivity contribution in [3.05, 3.63) is 46.1 Å². The molecule has 3 heterocycles. The minimum Gasteiger partial charge on any atom is -0.376 e. The van der Waals surface area contributed by atoms with Gasteiger partial charge in [0.2, 0.25) is 0 Å². The van der Waals surface area contributed by atoms with Crippen LogP contribution in [0.1, 0.15) is 33.5 Å². The van der Waals surface area contributed by atoms with Crippen LogP contribution in [0, 0.1) is 6.92 Å². The van der Waals surface area contributed by atoms with Gasteiger partial charge >= 0.3 is 0 Å². The van der Waals surface area contributed by atoms with Gasteiger partial charge in [-0.25, -0.2) is 8.42 Å². The highest BCUT2D eigenvalue weighted by atomic mass is 32.2. The van der Waals surface area contributed by atoms with E-state index in [1.165, 1.54) is 30.4 Å². The number of nitrogens with one attached hydrogen (secondary N) is 1. The molecule has 0 saturated carbocycles. The topological polar surface area (TPSA) is 111 Å². The SMILES string of the molecule is CC(=O)c1cccc(S(=O)(=O)Nc2sc3c(c2-c2nc(C)no2)CCOC3)c1. The summed E-state index contributed by atoms with van der Waals surface area (Å²) in [6.45, 7) is 4.03. The molecule has 0 aliphatic carbocycles. The van der Waals surface area contributed by atoms with Crippen molar-refractivity contribution in [2.45, 2.75) is 31.8 Å². The zero-order chi connectivity index (χ0) is 19.9.